The number of thiocarbonyl (C=S) groups is 1. The molecule has 0 atom stereocenters. The predicted molar refractivity (Wildman–Crippen MR) is 83.0 cm³/mol. The molecule has 0 unspecified atom stereocenters. The van der Waals surface area contributed by atoms with Gasteiger partial charge < -0.3 is 10.6 Å². The maximum Gasteiger partial charge on any atom is 0.276 e. The van der Waals surface area contributed by atoms with Gasteiger partial charge in [-0.05, 0) is 25.1 Å². The van der Waals surface area contributed by atoms with Crippen LogP contribution >= 0.6 is 12.2 Å². The number of aromatic nitrogens is 2. The largest absolute Gasteiger partial charge is 0.389 e. The van der Waals surface area contributed by atoms with Gasteiger partial charge in [0.25, 0.3) is 5.91 Å². The van der Waals surface area contributed by atoms with Gasteiger partial charge in [0.05, 0.1) is 11.4 Å². The van der Waals surface area contributed by atoms with Gasteiger partial charge in [0.1, 0.15) is 10.7 Å². The lowest BCUT2D eigenvalue weighted by Crippen LogP contribution is -2.30. The minimum absolute atomic E-state index is 0.156. The normalized spacial score (nSPS) is 10.3. The zero-order valence-corrected chi connectivity index (χ0v) is 12.4. The molecule has 0 radical (unpaired) electrons. The van der Waals surface area contributed by atoms with Crippen LogP contribution in [0.25, 0.3) is 0 Å². The second-order valence-electron chi connectivity index (χ2n) is 4.54. The smallest absolute Gasteiger partial charge is 0.276 e. The van der Waals surface area contributed by atoms with Gasteiger partial charge in [-0.25, -0.2) is 0 Å². The number of rotatable bonds is 3. The Morgan fingerprint density at radius 3 is 2.60 bits per heavy atom. The first kappa shape index (κ1) is 14.2. The fraction of sp³-hybridized carbons (Fsp3) is 0.214. The fourth-order valence-electron chi connectivity index (χ4n) is 2.07. The van der Waals surface area contributed by atoms with Crippen molar-refractivity contribution < 1.29 is 4.79 Å². The van der Waals surface area contributed by atoms with Crippen molar-refractivity contribution in [1.82, 2.24) is 9.78 Å². The van der Waals surface area contributed by atoms with Crippen molar-refractivity contribution >= 4 is 28.8 Å². The van der Waals surface area contributed by atoms with E-state index in [2.05, 4.69) is 5.10 Å². The van der Waals surface area contributed by atoms with E-state index in [0.29, 0.717) is 16.9 Å². The van der Waals surface area contributed by atoms with Gasteiger partial charge in [-0.2, -0.15) is 5.10 Å². The zero-order chi connectivity index (χ0) is 14.9. The Hall–Kier alpha value is -2.21. The summed E-state index contributed by atoms with van der Waals surface area (Å²) in [6, 6.07) is 9.05. The van der Waals surface area contributed by atoms with E-state index in [1.807, 2.05) is 25.1 Å². The lowest BCUT2D eigenvalue weighted by molar-refractivity contribution is 0.0984. The number of anilines is 1. The Labute approximate surface area is 123 Å². The summed E-state index contributed by atoms with van der Waals surface area (Å²) in [6.45, 7) is 1.85. The Morgan fingerprint density at radius 1 is 1.40 bits per heavy atom. The highest BCUT2D eigenvalue weighted by Crippen LogP contribution is 2.21. The quantitative estimate of drug-likeness (QED) is 0.872. The number of benzene rings is 1. The molecule has 2 N–H and O–H groups in total. The molecular formula is C14H16N4OS. The summed E-state index contributed by atoms with van der Waals surface area (Å²) < 4.78 is 1.57. The number of carbonyl (C=O) groups excluding carboxylic acids is 1. The van der Waals surface area contributed by atoms with Gasteiger partial charge in [0, 0.05) is 19.7 Å². The first-order valence-electron chi connectivity index (χ1n) is 6.09. The summed E-state index contributed by atoms with van der Waals surface area (Å²) in [7, 11) is 3.44. The number of nitrogens with zero attached hydrogens (tertiary/aromatic N) is 3. The van der Waals surface area contributed by atoms with E-state index in [9.17, 15) is 4.79 Å². The molecule has 1 aromatic heterocycles. The molecule has 5 nitrogen and oxygen atoms in total. The van der Waals surface area contributed by atoms with E-state index in [4.69, 9.17) is 18.0 Å². The standard InChI is InChI=1S/C14H16N4OS/c1-9-8-12(18(3)16-9)14(19)17(2)11-7-5-4-6-10(11)13(15)20/h4-8H,1-3H3,(H2,15,20). The van der Waals surface area contributed by atoms with Crippen LogP contribution in [0.15, 0.2) is 30.3 Å². The Bertz CT molecular complexity index is 678. The molecule has 0 saturated heterocycles. The SMILES string of the molecule is Cc1cc(C(=O)N(C)c2ccccc2C(N)=S)n(C)n1. The molecule has 2 aromatic rings. The summed E-state index contributed by atoms with van der Waals surface area (Å²) in [5.41, 5.74) is 8.38. The summed E-state index contributed by atoms with van der Waals surface area (Å²) in [5, 5.41) is 4.18. The molecule has 0 aliphatic carbocycles. The third kappa shape index (κ3) is 2.55. The van der Waals surface area contributed by atoms with Crippen molar-refractivity contribution in [3.05, 3.63) is 47.3 Å². The van der Waals surface area contributed by atoms with E-state index in [-0.39, 0.29) is 10.9 Å². The van der Waals surface area contributed by atoms with Gasteiger partial charge in [0.15, 0.2) is 0 Å². The topological polar surface area (TPSA) is 64.2 Å². The first-order chi connectivity index (χ1) is 9.41. The second kappa shape index (κ2) is 5.42. The minimum atomic E-state index is -0.156. The van der Waals surface area contributed by atoms with Crippen molar-refractivity contribution in [1.29, 1.82) is 0 Å². The maximum atomic E-state index is 12.5. The minimum Gasteiger partial charge on any atom is -0.389 e. The molecule has 0 saturated carbocycles. The van der Waals surface area contributed by atoms with Gasteiger partial charge in [-0.15, -0.1) is 0 Å². The van der Waals surface area contributed by atoms with E-state index in [0.717, 1.165) is 5.69 Å². The zero-order valence-electron chi connectivity index (χ0n) is 11.6. The van der Waals surface area contributed by atoms with E-state index >= 15 is 0 Å². The molecule has 6 heteroatoms. The summed E-state index contributed by atoms with van der Waals surface area (Å²) in [4.78, 5) is 14.3. The van der Waals surface area contributed by atoms with Crippen LogP contribution in [-0.4, -0.2) is 27.7 Å². The number of aryl methyl sites for hydroxylation is 2. The number of hydrogen-bond acceptors (Lipinski definition) is 3. The third-order valence-electron chi connectivity index (χ3n) is 3.06. The predicted octanol–water partition coefficient (Wildman–Crippen LogP) is 1.64. The highest BCUT2D eigenvalue weighted by Gasteiger charge is 2.20. The Balaban J connectivity index is 2.41. The summed E-state index contributed by atoms with van der Waals surface area (Å²) in [5.74, 6) is -0.156. The van der Waals surface area contributed by atoms with Crippen LogP contribution in [-0.2, 0) is 7.05 Å². The molecular weight excluding hydrogens is 272 g/mol. The van der Waals surface area contributed by atoms with Gasteiger partial charge in [-0.1, -0.05) is 24.4 Å². The van der Waals surface area contributed by atoms with Crippen LogP contribution < -0.4 is 10.6 Å². The average Bonchev–Trinajstić information content (AvgIpc) is 2.76. The van der Waals surface area contributed by atoms with Gasteiger partial charge in [0.2, 0.25) is 0 Å². The Morgan fingerprint density at radius 2 is 2.05 bits per heavy atom. The second-order valence-corrected chi connectivity index (χ2v) is 4.98. The molecule has 2 rings (SSSR count). The monoisotopic (exact) mass is 288 g/mol. The van der Waals surface area contributed by atoms with Crippen LogP contribution in [0.1, 0.15) is 21.7 Å². The number of carbonyl (C=O) groups is 1. The number of para-hydroxylation sites is 1. The highest BCUT2D eigenvalue weighted by molar-refractivity contribution is 7.80. The number of nitrogens with two attached hydrogens (primary N) is 1. The number of amides is 1. The van der Waals surface area contributed by atoms with Crippen molar-refractivity contribution in [3.8, 4) is 0 Å². The van der Waals surface area contributed by atoms with E-state index < -0.39 is 0 Å². The Kier molecular flexibility index (Phi) is 3.85. The molecule has 1 amide bonds. The molecule has 0 fully saturated rings. The van der Waals surface area contributed by atoms with Crippen molar-refractivity contribution in [2.24, 2.45) is 12.8 Å². The molecule has 1 aromatic carbocycles. The van der Waals surface area contributed by atoms with Gasteiger partial charge >= 0.3 is 0 Å². The van der Waals surface area contributed by atoms with Crippen LogP contribution in [0.2, 0.25) is 0 Å². The lowest BCUT2D eigenvalue weighted by Gasteiger charge is -2.20. The molecule has 0 spiro atoms. The van der Waals surface area contributed by atoms with Gasteiger partial charge in [-0.3, -0.25) is 9.48 Å². The van der Waals surface area contributed by atoms with Crippen molar-refractivity contribution in [2.75, 3.05) is 11.9 Å². The van der Waals surface area contributed by atoms with Crippen molar-refractivity contribution in [2.45, 2.75) is 6.92 Å². The maximum absolute atomic E-state index is 12.5. The summed E-state index contributed by atoms with van der Waals surface area (Å²) in [6.07, 6.45) is 0. The van der Waals surface area contributed by atoms with Crippen LogP contribution in [0, 0.1) is 6.92 Å². The van der Waals surface area contributed by atoms with Crippen LogP contribution in [0.3, 0.4) is 0 Å². The van der Waals surface area contributed by atoms with Crippen LogP contribution in [0.4, 0.5) is 5.69 Å². The van der Waals surface area contributed by atoms with E-state index in [1.165, 1.54) is 4.90 Å². The van der Waals surface area contributed by atoms with E-state index in [1.54, 1.807) is 30.9 Å². The summed E-state index contributed by atoms with van der Waals surface area (Å²) >= 11 is 5.02. The first-order valence-corrected chi connectivity index (χ1v) is 6.50. The number of hydrogen-bond donors (Lipinski definition) is 1. The van der Waals surface area contributed by atoms with Crippen molar-refractivity contribution in [3.63, 3.8) is 0 Å². The lowest BCUT2D eigenvalue weighted by atomic mass is 10.1. The highest BCUT2D eigenvalue weighted by atomic mass is 32.1. The third-order valence-corrected chi connectivity index (χ3v) is 3.28. The van der Waals surface area contributed by atoms with Crippen LogP contribution in [0.5, 0.6) is 0 Å². The molecule has 0 aliphatic rings. The molecule has 1 heterocycles. The fourth-order valence-corrected chi connectivity index (χ4v) is 2.24. The molecule has 0 bridgehead atoms. The molecule has 0 aliphatic heterocycles. The molecule has 20 heavy (non-hydrogen) atoms. The average molecular weight is 288 g/mol. The molecule has 104 valence electrons.